The molecule has 2 aliphatic rings. The standard InChI is InChI=1S/C12H22O6/c1-11(2)15-6-7(14)9(17-11)10-8(5-13)16-12(3,4)18-10/h7-10,13-14H,5-6H2,1-4H3/t7?,8?,9-,10+/m1/s1. The highest BCUT2D eigenvalue weighted by Crippen LogP contribution is 2.35. The first-order chi connectivity index (χ1) is 8.24. The van der Waals surface area contributed by atoms with Crippen molar-refractivity contribution in [3.05, 3.63) is 0 Å². The second kappa shape index (κ2) is 4.70. The Bertz CT molecular complexity index is 301. The summed E-state index contributed by atoms with van der Waals surface area (Å²) in [5.74, 6) is -1.57. The normalized spacial score (nSPS) is 43.0. The molecule has 2 fully saturated rings. The van der Waals surface area contributed by atoms with Gasteiger partial charge in [-0.25, -0.2) is 0 Å². The zero-order valence-corrected chi connectivity index (χ0v) is 11.3. The molecule has 18 heavy (non-hydrogen) atoms. The Balaban J connectivity index is 2.13. The van der Waals surface area contributed by atoms with Crippen LogP contribution < -0.4 is 0 Å². The molecule has 106 valence electrons. The molecule has 4 atom stereocenters. The van der Waals surface area contributed by atoms with Crippen LogP contribution in [0.4, 0.5) is 0 Å². The minimum absolute atomic E-state index is 0.177. The molecule has 0 saturated carbocycles. The van der Waals surface area contributed by atoms with E-state index < -0.39 is 36.0 Å². The lowest BCUT2D eigenvalue weighted by molar-refractivity contribution is -0.322. The molecule has 2 heterocycles. The lowest BCUT2D eigenvalue weighted by atomic mass is 10.0. The molecule has 0 aliphatic carbocycles. The van der Waals surface area contributed by atoms with Crippen LogP contribution in [0, 0.1) is 0 Å². The van der Waals surface area contributed by atoms with Crippen molar-refractivity contribution in [2.24, 2.45) is 0 Å². The van der Waals surface area contributed by atoms with Crippen LogP contribution >= 0.6 is 0 Å². The van der Waals surface area contributed by atoms with E-state index in [4.69, 9.17) is 18.9 Å². The maximum atomic E-state index is 9.98. The Labute approximate surface area is 107 Å². The molecule has 2 unspecified atom stereocenters. The van der Waals surface area contributed by atoms with Gasteiger partial charge in [-0.1, -0.05) is 0 Å². The van der Waals surface area contributed by atoms with Gasteiger partial charge < -0.3 is 29.2 Å². The molecule has 2 N–H and O–H groups in total. The Morgan fingerprint density at radius 1 is 1.00 bits per heavy atom. The number of aliphatic hydroxyl groups excluding tert-OH is 2. The zero-order valence-electron chi connectivity index (χ0n) is 11.3. The summed E-state index contributed by atoms with van der Waals surface area (Å²) in [6.07, 6.45) is -2.39. The van der Waals surface area contributed by atoms with Gasteiger partial charge in [0.15, 0.2) is 11.6 Å². The van der Waals surface area contributed by atoms with Crippen molar-refractivity contribution < 1.29 is 29.2 Å². The Morgan fingerprint density at radius 3 is 2.22 bits per heavy atom. The third kappa shape index (κ3) is 2.84. The number of ether oxygens (including phenoxy) is 4. The summed E-state index contributed by atoms with van der Waals surface area (Å²) in [5.41, 5.74) is 0. The third-order valence-electron chi connectivity index (χ3n) is 3.13. The molecule has 0 aromatic carbocycles. The molecule has 0 aromatic rings. The maximum Gasteiger partial charge on any atom is 0.164 e. The minimum Gasteiger partial charge on any atom is -0.394 e. The molecule has 0 spiro atoms. The number of hydrogen-bond donors (Lipinski definition) is 2. The van der Waals surface area contributed by atoms with Crippen LogP contribution in [-0.2, 0) is 18.9 Å². The monoisotopic (exact) mass is 262 g/mol. The SMILES string of the molecule is CC1(C)OCC(O)[C@H]([C@H]2OC(C)(C)OC2CO)O1. The van der Waals surface area contributed by atoms with Crippen LogP contribution in [0.5, 0.6) is 0 Å². The molecule has 0 radical (unpaired) electrons. The van der Waals surface area contributed by atoms with Gasteiger partial charge in [-0.3, -0.25) is 0 Å². The van der Waals surface area contributed by atoms with E-state index in [0.717, 1.165) is 0 Å². The predicted octanol–water partition coefficient (Wildman–Crippen LogP) is 0.0112. The first kappa shape index (κ1) is 14.2. The molecular weight excluding hydrogens is 240 g/mol. The van der Waals surface area contributed by atoms with Gasteiger partial charge in [0.1, 0.15) is 24.4 Å². The smallest absolute Gasteiger partial charge is 0.164 e. The van der Waals surface area contributed by atoms with Crippen molar-refractivity contribution >= 4 is 0 Å². The highest BCUT2D eigenvalue weighted by Gasteiger charge is 2.50. The van der Waals surface area contributed by atoms with Crippen molar-refractivity contribution in [2.75, 3.05) is 13.2 Å². The average Bonchev–Trinajstić information content (AvgIpc) is 2.57. The molecule has 2 aliphatic heterocycles. The summed E-state index contributed by atoms with van der Waals surface area (Å²) in [7, 11) is 0. The second-order valence-corrected chi connectivity index (χ2v) is 5.68. The second-order valence-electron chi connectivity index (χ2n) is 5.68. The van der Waals surface area contributed by atoms with E-state index in [2.05, 4.69) is 0 Å². The van der Waals surface area contributed by atoms with Crippen LogP contribution in [0.2, 0.25) is 0 Å². The highest BCUT2D eigenvalue weighted by molar-refractivity contribution is 4.92. The molecule has 6 nitrogen and oxygen atoms in total. The third-order valence-corrected chi connectivity index (χ3v) is 3.13. The fourth-order valence-electron chi connectivity index (χ4n) is 2.39. The number of rotatable bonds is 2. The van der Waals surface area contributed by atoms with Crippen molar-refractivity contribution in [3.8, 4) is 0 Å². The topological polar surface area (TPSA) is 77.4 Å². The van der Waals surface area contributed by atoms with Crippen LogP contribution in [0.25, 0.3) is 0 Å². The molecule has 6 heteroatoms. The van der Waals surface area contributed by atoms with Crippen molar-refractivity contribution in [1.82, 2.24) is 0 Å². The fraction of sp³-hybridized carbons (Fsp3) is 1.00. The lowest BCUT2D eigenvalue weighted by Gasteiger charge is -2.41. The predicted molar refractivity (Wildman–Crippen MR) is 61.8 cm³/mol. The van der Waals surface area contributed by atoms with Crippen molar-refractivity contribution in [2.45, 2.75) is 63.7 Å². The molecular formula is C12H22O6. The van der Waals surface area contributed by atoms with E-state index in [9.17, 15) is 10.2 Å². The summed E-state index contributed by atoms with van der Waals surface area (Å²) in [4.78, 5) is 0. The van der Waals surface area contributed by atoms with Crippen molar-refractivity contribution in [3.63, 3.8) is 0 Å². The summed E-state index contributed by atoms with van der Waals surface area (Å²) < 4.78 is 22.4. The first-order valence-electron chi connectivity index (χ1n) is 6.20. The highest BCUT2D eigenvalue weighted by atomic mass is 16.8. The van der Waals surface area contributed by atoms with E-state index in [-0.39, 0.29) is 13.2 Å². The van der Waals surface area contributed by atoms with E-state index in [1.165, 1.54) is 0 Å². The summed E-state index contributed by atoms with van der Waals surface area (Å²) >= 11 is 0. The quantitative estimate of drug-likeness (QED) is 0.730. The average molecular weight is 262 g/mol. The van der Waals surface area contributed by atoms with E-state index in [1.807, 2.05) is 0 Å². The Kier molecular flexibility index (Phi) is 3.70. The Morgan fingerprint density at radius 2 is 1.61 bits per heavy atom. The summed E-state index contributed by atoms with van der Waals surface area (Å²) in [6.45, 7) is 7.10. The number of hydrogen-bond acceptors (Lipinski definition) is 6. The molecule has 0 amide bonds. The van der Waals surface area contributed by atoms with Gasteiger partial charge in [0, 0.05) is 0 Å². The molecule has 0 aromatic heterocycles. The van der Waals surface area contributed by atoms with Crippen LogP contribution in [0.1, 0.15) is 27.7 Å². The summed E-state index contributed by atoms with van der Waals surface area (Å²) in [5, 5.41) is 19.3. The molecule has 0 bridgehead atoms. The van der Waals surface area contributed by atoms with Gasteiger partial charge in [-0.2, -0.15) is 0 Å². The van der Waals surface area contributed by atoms with Gasteiger partial charge in [0.25, 0.3) is 0 Å². The van der Waals surface area contributed by atoms with Crippen molar-refractivity contribution in [1.29, 1.82) is 0 Å². The summed E-state index contributed by atoms with van der Waals surface area (Å²) in [6, 6.07) is 0. The van der Waals surface area contributed by atoms with E-state index in [0.29, 0.717) is 0 Å². The van der Waals surface area contributed by atoms with Gasteiger partial charge in [0.2, 0.25) is 0 Å². The minimum atomic E-state index is -0.797. The first-order valence-corrected chi connectivity index (χ1v) is 6.20. The van der Waals surface area contributed by atoms with Gasteiger partial charge in [0.05, 0.1) is 13.2 Å². The van der Waals surface area contributed by atoms with Crippen LogP contribution in [0.3, 0.4) is 0 Å². The lowest BCUT2D eigenvalue weighted by Crippen LogP contribution is -2.56. The van der Waals surface area contributed by atoms with Gasteiger partial charge in [-0.15, -0.1) is 0 Å². The maximum absolute atomic E-state index is 9.98. The van der Waals surface area contributed by atoms with Crippen LogP contribution in [0.15, 0.2) is 0 Å². The fourth-order valence-corrected chi connectivity index (χ4v) is 2.39. The Hall–Kier alpha value is -0.240. The molecule has 2 rings (SSSR count). The number of aliphatic hydroxyl groups is 2. The van der Waals surface area contributed by atoms with Gasteiger partial charge in [-0.05, 0) is 27.7 Å². The van der Waals surface area contributed by atoms with Crippen LogP contribution in [-0.4, -0.2) is 59.4 Å². The largest absolute Gasteiger partial charge is 0.394 e. The zero-order chi connectivity index (χ0) is 13.6. The van der Waals surface area contributed by atoms with E-state index in [1.54, 1.807) is 27.7 Å². The molecule has 2 saturated heterocycles. The van der Waals surface area contributed by atoms with E-state index >= 15 is 0 Å². The van der Waals surface area contributed by atoms with Gasteiger partial charge >= 0.3 is 0 Å².